The monoisotopic (exact) mass is 257 g/mol. The van der Waals surface area contributed by atoms with Gasteiger partial charge in [0.1, 0.15) is 0 Å². The summed E-state index contributed by atoms with van der Waals surface area (Å²) in [5, 5.41) is 0. The van der Waals surface area contributed by atoms with Gasteiger partial charge in [-0.15, -0.1) is 0 Å². The van der Waals surface area contributed by atoms with E-state index in [1.165, 1.54) is 0 Å². The molecule has 2 N–H and O–H groups in total. The highest BCUT2D eigenvalue weighted by molar-refractivity contribution is 5.76. The molecule has 4 heteroatoms. The molecular formula is C14H31N3O. The van der Waals surface area contributed by atoms with Crippen LogP contribution in [-0.4, -0.2) is 55.0 Å². The second kappa shape index (κ2) is 7.74. The van der Waals surface area contributed by atoms with E-state index >= 15 is 0 Å². The number of likely N-dealkylation sites (N-methyl/N-ethyl adjacent to an activating group) is 1. The first-order valence-electron chi connectivity index (χ1n) is 6.93. The van der Waals surface area contributed by atoms with Gasteiger partial charge in [-0.3, -0.25) is 4.79 Å². The Morgan fingerprint density at radius 1 is 1.22 bits per heavy atom. The summed E-state index contributed by atoms with van der Waals surface area (Å²) in [6.07, 6.45) is 0.519. The van der Waals surface area contributed by atoms with Crippen molar-refractivity contribution in [3.8, 4) is 0 Å². The molecular weight excluding hydrogens is 226 g/mol. The van der Waals surface area contributed by atoms with Crippen molar-refractivity contribution < 1.29 is 4.79 Å². The Morgan fingerprint density at radius 3 is 2.06 bits per heavy atom. The Bertz CT molecular complexity index is 244. The van der Waals surface area contributed by atoms with Crippen LogP contribution in [0.3, 0.4) is 0 Å². The van der Waals surface area contributed by atoms with Gasteiger partial charge in [0.25, 0.3) is 0 Å². The molecule has 1 atom stereocenters. The van der Waals surface area contributed by atoms with Crippen molar-refractivity contribution in [2.24, 2.45) is 11.1 Å². The lowest BCUT2D eigenvalue weighted by Crippen LogP contribution is -2.45. The van der Waals surface area contributed by atoms with E-state index in [0.717, 1.165) is 19.6 Å². The Hall–Kier alpha value is -0.610. The van der Waals surface area contributed by atoms with E-state index < -0.39 is 0 Å². The second-order valence-electron chi connectivity index (χ2n) is 6.14. The highest BCUT2D eigenvalue weighted by atomic mass is 16.2. The number of hydrogen-bond acceptors (Lipinski definition) is 3. The van der Waals surface area contributed by atoms with Crippen molar-refractivity contribution in [2.45, 2.75) is 47.1 Å². The van der Waals surface area contributed by atoms with Gasteiger partial charge in [0.15, 0.2) is 0 Å². The van der Waals surface area contributed by atoms with Crippen molar-refractivity contribution in [2.75, 3.05) is 33.2 Å². The fourth-order valence-corrected chi connectivity index (χ4v) is 2.20. The number of carbonyl (C=O) groups is 1. The van der Waals surface area contributed by atoms with Crippen LogP contribution in [0.1, 0.15) is 41.0 Å². The predicted molar refractivity (Wildman–Crippen MR) is 77.5 cm³/mol. The lowest BCUT2D eigenvalue weighted by Gasteiger charge is -2.33. The predicted octanol–water partition coefficient (Wildman–Crippen LogP) is 1.55. The molecule has 0 radical (unpaired) electrons. The Kier molecular flexibility index (Phi) is 7.48. The van der Waals surface area contributed by atoms with E-state index in [9.17, 15) is 4.79 Å². The Labute approximate surface area is 113 Å². The number of rotatable bonds is 7. The molecule has 0 heterocycles. The summed E-state index contributed by atoms with van der Waals surface area (Å²) in [6, 6.07) is 0.136. The van der Waals surface area contributed by atoms with Crippen LogP contribution < -0.4 is 5.73 Å². The van der Waals surface area contributed by atoms with Crippen LogP contribution >= 0.6 is 0 Å². The molecule has 0 aromatic heterocycles. The molecule has 0 aliphatic rings. The van der Waals surface area contributed by atoms with Crippen molar-refractivity contribution in [3.63, 3.8) is 0 Å². The molecule has 0 aromatic carbocycles. The molecule has 0 aliphatic carbocycles. The van der Waals surface area contributed by atoms with E-state index in [2.05, 4.69) is 32.7 Å². The summed E-state index contributed by atoms with van der Waals surface area (Å²) >= 11 is 0. The lowest BCUT2D eigenvalue weighted by atomic mass is 9.95. The molecule has 0 aromatic rings. The van der Waals surface area contributed by atoms with Crippen molar-refractivity contribution >= 4 is 5.91 Å². The van der Waals surface area contributed by atoms with Gasteiger partial charge in [0.05, 0.1) is 0 Å². The number of hydrogen-bond donors (Lipinski definition) is 1. The molecule has 108 valence electrons. The second-order valence-corrected chi connectivity index (χ2v) is 6.14. The Balaban J connectivity index is 4.46. The standard InChI is InChI=1S/C14H31N3O/c1-7-17(8-2)13(18)9-12(10-15)16(6)11-14(3,4)5/h12H,7-11,15H2,1-6H3. The largest absolute Gasteiger partial charge is 0.343 e. The van der Waals surface area contributed by atoms with Gasteiger partial charge in [0, 0.05) is 38.6 Å². The smallest absolute Gasteiger partial charge is 0.224 e. The first kappa shape index (κ1) is 17.4. The molecule has 0 spiro atoms. The van der Waals surface area contributed by atoms with Crippen LogP contribution in [0, 0.1) is 5.41 Å². The summed E-state index contributed by atoms with van der Waals surface area (Å²) in [7, 11) is 2.05. The quantitative estimate of drug-likeness (QED) is 0.753. The number of amides is 1. The molecule has 1 amide bonds. The number of nitrogens with zero attached hydrogens (tertiary/aromatic N) is 2. The highest BCUT2D eigenvalue weighted by Gasteiger charge is 2.23. The van der Waals surface area contributed by atoms with Crippen molar-refractivity contribution in [3.05, 3.63) is 0 Å². The molecule has 1 unspecified atom stereocenters. The van der Waals surface area contributed by atoms with E-state index in [1.807, 2.05) is 18.7 Å². The third-order valence-corrected chi connectivity index (χ3v) is 3.15. The van der Waals surface area contributed by atoms with Crippen LogP contribution in [-0.2, 0) is 4.79 Å². The number of nitrogens with two attached hydrogens (primary N) is 1. The summed E-state index contributed by atoms with van der Waals surface area (Å²) in [5.74, 6) is 0.205. The maximum absolute atomic E-state index is 12.1. The van der Waals surface area contributed by atoms with Gasteiger partial charge in [-0.1, -0.05) is 20.8 Å². The van der Waals surface area contributed by atoms with Gasteiger partial charge in [-0.2, -0.15) is 0 Å². The minimum Gasteiger partial charge on any atom is -0.343 e. The lowest BCUT2D eigenvalue weighted by molar-refractivity contribution is -0.132. The molecule has 0 bridgehead atoms. The normalized spacial score (nSPS) is 13.8. The van der Waals surface area contributed by atoms with Crippen LogP contribution in [0.15, 0.2) is 0 Å². The summed E-state index contributed by atoms with van der Waals surface area (Å²) in [6.45, 7) is 13.6. The molecule has 4 nitrogen and oxygen atoms in total. The molecule has 0 aliphatic heterocycles. The fraction of sp³-hybridized carbons (Fsp3) is 0.929. The van der Waals surface area contributed by atoms with E-state index in [1.54, 1.807) is 0 Å². The van der Waals surface area contributed by atoms with Gasteiger partial charge >= 0.3 is 0 Å². The molecule has 0 saturated carbocycles. The van der Waals surface area contributed by atoms with Gasteiger partial charge < -0.3 is 15.5 Å². The average molecular weight is 257 g/mol. The zero-order chi connectivity index (χ0) is 14.3. The maximum atomic E-state index is 12.1. The summed E-state index contributed by atoms with van der Waals surface area (Å²) in [4.78, 5) is 16.2. The first-order valence-corrected chi connectivity index (χ1v) is 6.93. The van der Waals surface area contributed by atoms with Crippen molar-refractivity contribution in [1.29, 1.82) is 0 Å². The zero-order valence-electron chi connectivity index (χ0n) is 13.0. The SMILES string of the molecule is CCN(CC)C(=O)CC(CN)N(C)CC(C)(C)C. The van der Waals surface area contributed by atoms with Gasteiger partial charge in [0.2, 0.25) is 5.91 Å². The van der Waals surface area contributed by atoms with Crippen LogP contribution in [0.25, 0.3) is 0 Å². The van der Waals surface area contributed by atoms with Crippen LogP contribution in [0.5, 0.6) is 0 Å². The van der Waals surface area contributed by atoms with Gasteiger partial charge in [-0.05, 0) is 26.3 Å². The maximum Gasteiger partial charge on any atom is 0.224 e. The topological polar surface area (TPSA) is 49.6 Å². The molecule has 18 heavy (non-hydrogen) atoms. The zero-order valence-corrected chi connectivity index (χ0v) is 13.0. The van der Waals surface area contributed by atoms with Crippen LogP contribution in [0.4, 0.5) is 0 Å². The molecule has 0 fully saturated rings. The van der Waals surface area contributed by atoms with E-state index in [-0.39, 0.29) is 17.4 Å². The Morgan fingerprint density at radius 2 is 1.72 bits per heavy atom. The molecule has 0 saturated heterocycles. The van der Waals surface area contributed by atoms with E-state index in [4.69, 9.17) is 5.73 Å². The summed E-state index contributed by atoms with van der Waals surface area (Å²) < 4.78 is 0. The van der Waals surface area contributed by atoms with Crippen molar-refractivity contribution in [1.82, 2.24) is 9.80 Å². The van der Waals surface area contributed by atoms with Gasteiger partial charge in [-0.25, -0.2) is 0 Å². The third-order valence-electron chi connectivity index (χ3n) is 3.15. The van der Waals surface area contributed by atoms with Crippen LogP contribution in [0.2, 0.25) is 0 Å². The summed E-state index contributed by atoms with van der Waals surface area (Å²) in [5.41, 5.74) is 6.03. The number of carbonyl (C=O) groups excluding carboxylic acids is 1. The van der Waals surface area contributed by atoms with E-state index in [0.29, 0.717) is 13.0 Å². The minimum absolute atomic E-state index is 0.136. The highest BCUT2D eigenvalue weighted by Crippen LogP contribution is 2.16. The average Bonchev–Trinajstić information content (AvgIpc) is 2.24. The third kappa shape index (κ3) is 6.36. The minimum atomic E-state index is 0.136. The fourth-order valence-electron chi connectivity index (χ4n) is 2.20. The first-order chi connectivity index (χ1) is 8.25. The molecule has 0 rings (SSSR count).